The second kappa shape index (κ2) is 14.1. The van der Waals surface area contributed by atoms with E-state index in [0.29, 0.717) is 50.3 Å². The van der Waals surface area contributed by atoms with Gasteiger partial charge in [0.1, 0.15) is 17.2 Å². The molecule has 10 heteroatoms. The summed E-state index contributed by atoms with van der Waals surface area (Å²) >= 11 is 0. The van der Waals surface area contributed by atoms with Gasteiger partial charge in [0.15, 0.2) is 5.69 Å². The van der Waals surface area contributed by atoms with Gasteiger partial charge in [-0.05, 0) is 48.9 Å². The topological polar surface area (TPSA) is 93.7 Å². The Balaban J connectivity index is 1.41. The number of nitrogens with zero attached hydrogens (tertiary/aromatic N) is 4. The minimum absolute atomic E-state index is 0.258. The van der Waals surface area contributed by atoms with Crippen molar-refractivity contribution in [2.45, 2.75) is 77.1 Å². The molecule has 2 amide bonds. The average molecular weight is 670 g/mol. The summed E-state index contributed by atoms with van der Waals surface area (Å²) in [6.07, 6.45) is 4.25. The molecule has 6 rings (SSSR count). The molecular formula is C39H45F2N5O3. The molecule has 2 aliphatic rings. The SMILES string of the molecule is CC(C)(C)[C@@]1(OC(N)=O)CCCC[C@@H]1n1cnc(C(=O)N2CCN(Cc3ccccc3)C[C@H]2Cc2cc(F)cc(F)c2)c1-c1ccccc1. The molecule has 1 aliphatic carbocycles. The van der Waals surface area contributed by atoms with E-state index in [-0.39, 0.29) is 30.1 Å². The van der Waals surface area contributed by atoms with Crippen molar-refractivity contribution in [1.29, 1.82) is 0 Å². The zero-order valence-electron chi connectivity index (χ0n) is 28.4. The Labute approximate surface area is 286 Å². The summed E-state index contributed by atoms with van der Waals surface area (Å²) in [4.78, 5) is 36.1. The van der Waals surface area contributed by atoms with E-state index in [4.69, 9.17) is 15.5 Å². The first kappa shape index (κ1) is 34.3. The number of primary amides is 1. The third kappa shape index (κ3) is 7.25. The Kier molecular flexibility index (Phi) is 9.88. The molecule has 2 fully saturated rings. The number of amides is 2. The second-order valence-corrected chi connectivity index (χ2v) is 14.4. The predicted octanol–water partition coefficient (Wildman–Crippen LogP) is 7.39. The van der Waals surface area contributed by atoms with Crippen LogP contribution in [0, 0.1) is 17.0 Å². The molecule has 0 radical (unpaired) electrons. The number of ether oxygens (including phenoxy) is 1. The van der Waals surface area contributed by atoms with E-state index in [9.17, 15) is 18.4 Å². The third-order valence-electron chi connectivity index (χ3n) is 10.2. The van der Waals surface area contributed by atoms with Crippen LogP contribution in [-0.2, 0) is 17.7 Å². The molecule has 1 saturated carbocycles. The predicted molar refractivity (Wildman–Crippen MR) is 185 cm³/mol. The standard InChI is InChI=1S/C39H45F2N5O3/c1-38(2,3)39(49-37(42)48)17-11-10-16-33(39)46-26-43-34(35(46)29-14-8-5-9-15-29)36(47)45-19-18-44(24-27-12-6-4-7-13-27)25-32(45)22-28-20-30(40)23-31(41)21-28/h4-9,12-15,20-21,23,26,32-33H,10-11,16-19,22,24-25H2,1-3H3,(H2,42,48)/t32-,33+,39-/m1/s1. The van der Waals surface area contributed by atoms with Gasteiger partial charge < -0.3 is 19.9 Å². The molecule has 49 heavy (non-hydrogen) atoms. The van der Waals surface area contributed by atoms with Gasteiger partial charge in [0, 0.05) is 49.3 Å². The number of benzene rings is 3. The summed E-state index contributed by atoms with van der Waals surface area (Å²) < 4.78 is 36.8. The van der Waals surface area contributed by atoms with Gasteiger partial charge in [0.05, 0.1) is 18.1 Å². The van der Waals surface area contributed by atoms with Crippen molar-refractivity contribution in [3.63, 3.8) is 0 Å². The van der Waals surface area contributed by atoms with Crippen molar-refractivity contribution in [2.75, 3.05) is 19.6 Å². The number of aromatic nitrogens is 2. The molecule has 1 aromatic heterocycles. The Bertz CT molecular complexity index is 1750. The Morgan fingerprint density at radius 1 is 0.939 bits per heavy atom. The van der Waals surface area contributed by atoms with Gasteiger partial charge in [-0.15, -0.1) is 0 Å². The molecule has 8 nitrogen and oxygen atoms in total. The number of carbonyl (C=O) groups excluding carboxylic acids is 2. The summed E-state index contributed by atoms with van der Waals surface area (Å²) in [6.45, 7) is 8.39. The highest BCUT2D eigenvalue weighted by atomic mass is 19.1. The molecule has 4 aromatic rings. The summed E-state index contributed by atoms with van der Waals surface area (Å²) in [5.74, 6) is -1.56. The molecule has 0 bridgehead atoms. The van der Waals surface area contributed by atoms with Crippen LogP contribution in [0.15, 0.2) is 85.2 Å². The summed E-state index contributed by atoms with van der Waals surface area (Å²) in [5, 5.41) is 0. The van der Waals surface area contributed by atoms with Gasteiger partial charge in [0.25, 0.3) is 5.91 Å². The molecule has 1 aliphatic heterocycles. The number of halogens is 2. The first-order valence-electron chi connectivity index (χ1n) is 17.1. The van der Waals surface area contributed by atoms with E-state index >= 15 is 0 Å². The van der Waals surface area contributed by atoms with Crippen molar-refractivity contribution in [1.82, 2.24) is 19.4 Å². The molecule has 0 unspecified atom stereocenters. The molecule has 3 atom stereocenters. The largest absolute Gasteiger partial charge is 0.440 e. The monoisotopic (exact) mass is 669 g/mol. The first-order chi connectivity index (χ1) is 23.4. The zero-order valence-corrected chi connectivity index (χ0v) is 28.4. The number of carbonyl (C=O) groups is 2. The van der Waals surface area contributed by atoms with Crippen LogP contribution in [0.25, 0.3) is 11.3 Å². The third-order valence-corrected chi connectivity index (χ3v) is 10.2. The lowest BCUT2D eigenvalue weighted by molar-refractivity contribution is -0.122. The van der Waals surface area contributed by atoms with E-state index in [1.807, 2.05) is 73.9 Å². The molecule has 2 N–H and O–H groups in total. The molecule has 0 spiro atoms. The smallest absolute Gasteiger partial charge is 0.405 e. The molecule has 2 heterocycles. The fourth-order valence-electron chi connectivity index (χ4n) is 7.93. The zero-order chi connectivity index (χ0) is 34.8. The van der Waals surface area contributed by atoms with Crippen LogP contribution < -0.4 is 5.73 Å². The van der Waals surface area contributed by atoms with Gasteiger partial charge in [-0.1, -0.05) is 87.9 Å². The Hall–Kier alpha value is -4.57. The Morgan fingerprint density at radius 2 is 1.61 bits per heavy atom. The quantitative estimate of drug-likeness (QED) is 0.211. The van der Waals surface area contributed by atoms with Crippen LogP contribution in [-0.4, -0.2) is 62.6 Å². The molecule has 3 aromatic carbocycles. The number of hydrogen-bond acceptors (Lipinski definition) is 5. The van der Waals surface area contributed by atoms with E-state index in [1.54, 1.807) is 11.2 Å². The fraction of sp³-hybridized carbons (Fsp3) is 0.410. The van der Waals surface area contributed by atoms with Crippen LogP contribution in [0.2, 0.25) is 0 Å². The minimum Gasteiger partial charge on any atom is -0.440 e. The highest BCUT2D eigenvalue weighted by Crippen LogP contribution is 2.52. The van der Waals surface area contributed by atoms with Crippen LogP contribution >= 0.6 is 0 Å². The van der Waals surface area contributed by atoms with Crippen LogP contribution in [0.4, 0.5) is 13.6 Å². The maximum Gasteiger partial charge on any atom is 0.405 e. The number of imidazole rings is 1. The number of nitrogens with two attached hydrogens (primary N) is 1. The lowest BCUT2D eigenvalue weighted by atomic mass is 9.65. The van der Waals surface area contributed by atoms with E-state index in [2.05, 4.69) is 17.0 Å². The van der Waals surface area contributed by atoms with Crippen molar-refractivity contribution in [3.8, 4) is 11.3 Å². The van der Waals surface area contributed by atoms with Gasteiger partial charge in [-0.25, -0.2) is 18.6 Å². The average Bonchev–Trinajstić information content (AvgIpc) is 3.49. The highest BCUT2D eigenvalue weighted by Gasteiger charge is 2.54. The van der Waals surface area contributed by atoms with Crippen molar-refractivity contribution < 1.29 is 23.1 Å². The fourth-order valence-corrected chi connectivity index (χ4v) is 7.93. The van der Waals surface area contributed by atoms with E-state index in [0.717, 1.165) is 30.0 Å². The normalized spacial score (nSPS) is 21.8. The Morgan fingerprint density at radius 3 is 2.27 bits per heavy atom. The molecular weight excluding hydrogens is 624 g/mol. The van der Waals surface area contributed by atoms with Gasteiger partial charge in [-0.3, -0.25) is 9.69 Å². The lowest BCUT2D eigenvalue weighted by Crippen LogP contribution is -2.56. The van der Waals surface area contributed by atoms with Gasteiger partial charge in [-0.2, -0.15) is 0 Å². The maximum atomic E-state index is 14.8. The van der Waals surface area contributed by atoms with Crippen LogP contribution in [0.5, 0.6) is 0 Å². The van der Waals surface area contributed by atoms with Crippen LogP contribution in [0.3, 0.4) is 0 Å². The van der Waals surface area contributed by atoms with E-state index in [1.165, 1.54) is 12.1 Å². The second-order valence-electron chi connectivity index (χ2n) is 14.4. The van der Waals surface area contributed by atoms with Crippen molar-refractivity contribution >= 4 is 12.0 Å². The summed E-state index contributed by atoms with van der Waals surface area (Å²) in [6, 6.07) is 22.6. The summed E-state index contributed by atoms with van der Waals surface area (Å²) in [5.41, 5.74) is 7.66. The van der Waals surface area contributed by atoms with Crippen molar-refractivity contribution in [2.24, 2.45) is 11.1 Å². The lowest BCUT2D eigenvalue weighted by Gasteiger charge is -2.51. The van der Waals surface area contributed by atoms with E-state index < -0.39 is 28.7 Å². The van der Waals surface area contributed by atoms with Crippen LogP contribution in [0.1, 0.15) is 74.1 Å². The summed E-state index contributed by atoms with van der Waals surface area (Å²) in [7, 11) is 0. The van der Waals surface area contributed by atoms with Crippen molar-refractivity contribution in [3.05, 3.63) is 114 Å². The maximum absolute atomic E-state index is 14.8. The molecule has 1 saturated heterocycles. The first-order valence-corrected chi connectivity index (χ1v) is 17.1. The van der Waals surface area contributed by atoms with Gasteiger partial charge >= 0.3 is 6.09 Å². The number of hydrogen-bond donors (Lipinski definition) is 1. The number of piperazine rings is 1. The highest BCUT2D eigenvalue weighted by molar-refractivity contribution is 5.98. The number of rotatable bonds is 8. The van der Waals surface area contributed by atoms with Gasteiger partial charge in [0.2, 0.25) is 0 Å². The minimum atomic E-state index is -0.936. The molecule has 258 valence electrons.